The fourth-order valence-electron chi connectivity index (χ4n) is 3.48. The van der Waals surface area contributed by atoms with E-state index in [1.807, 2.05) is 0 Å². The Morgan fingerprint density at radius 2 is 1.90 bits per heavy atom. The summed E-state index contributed by atoms with van der Waals surface area (Å²) in [7, 11) is 4.55. The van der Waals surface area contributed by atoms with Gasteiger partial charge in [0.05, 0.1) is 33.2 Å². The van der Waals surface area contributed by atoms with Gasteiger partial charge in [-0.15, -0.1) is 0 Å². The first-order valence-electron chi connectivity index (χ1n) is 9.05. The van der Waals surface area contributed by atoms with Crippen molar-refractivity contribution in [3.8, 4) is 28.5 Å². The third kappa shape index (κ3) is 3.34. The molecule has 0 atom stereocenters. The second kappa shape index (κ2) is 7.86. The van der Waals surface area contributed by atoms with Crippen molar-refractivity contribution in [2.45, 2.75) is 6.42 Å². The van der Waals surface area contributed by atoms with Gasteiger partial charge in [0.1, 0.15) is 11.5 Å². The van der Waals surface area contributed by atoms with E-state index in [0.717, 1.165) is 16.7 Å². The summed E-state index contributed by atoms with van der Waals surface area (Å²) in [4.78, 5) is 12.6. The monoisotopic (exact) mass is 410 g/mol. The molecule has 1 heterocycles. The average molecular weight is 410 g/mol. The maximum atomic E-state index is 13.5. The van der Waals surface area contributed by atoms with Crippen molar-refractivity contribution in [2.75, 3.05) is 21.3 Å². The number of ether oxygens (including phenoxy) is 3. The number of halogens is 1. The van der Waals surface area contributed by atoms with E-state index in [1.165, 1.54) is 39.7 Å². The minimum atomic E-state index is -0.444. The van der Waals surface area contributed by atoms with Gasteiger partial charge in [-0.3, -0.25) is 9.89 Å². The number of amides is 1. The second-order valence-electron chi connectivity index (χ2n) is 6.56. The number of hydrogen-bond donors (Lipinski definition) is 2. The predicted molar refractivity (Wildman–Crippen MR) is 108 cm³/mol. The van der Waals surface area contributed by atoms with E-state index in [9.17, 15) is 9.18 Å². The highest BCUT2D eigenvalue weighted by molar-refractivity contribution is 5.97. The normalized spacial score (nSPS) is 11.9. The van der Waals surface area contributed by atoms with Gasteiger partial charge in [0.2, 0.25) is 5.75 Å². The van der Waals surface area contributed by atoms with Crippen molar-refractivity contribution in [2.24, 2.45) is 5.10 Å². The predicted octanol–water partition coefficient (Wildman–Crippen LogP) is 2.91. The van der Waals surface area contributed by atoms with E-state index < -0.39 is 5.91 Å². The van der Waals surface area contributed by atoms with Gasteiger partial charge in [0.25, 0.3) is 5.91 Å². The topological polar surface area (TPSA) is 97.8 Å². The Morgan fingerprint density at radius 1 is 1.17 bits per heavy atom. The summed E-state index contributed by atoms with van der Waals surface area (Å²) in [5, 5.41) is 11.0. The van der Waals surface area contributed by atoms with Gasteiger partial charge < -0.3 is 14.2 Å². The van der Waals surface area contributed by atoms with E-state index in [0.29, 0.717) is 40.6 Å². The molecule has 3 aromatic rings. The zero-order valence-electron chi connectivity index (χ0n) is 16.6. The highest BCUT2D eigenvalue weighted by Gasteiger charge is 2.27. The first kappa shape index (κ1) is 19.4. The quantitative estimate of drug-likeness (QED) is 0.376. The molecule has 0 saturated carbocycles. The highest BCUT2D eigenvalue weighted by Crippen LogP contribution is 2.38. The molecule has 0 saturated heterocycles. The summed E-state index contributed by atoms with van der Waals surface area (Å²) in [5.74, 6) is 0.650. The molecule has 154 valence electrons. The number of carbonyl (C=O) groups is 1. The lowest BCUT2D eigenvalue weighted by molar-refractivity contribution is 0.0949. The third-order valence-electron chi connectivity index (χ3n) is 4.85. The van der Waals surface area contributed by atoms with Crippen LogP contribution in [0.25, 0.3) is 11.3 Å². The van der Waals surface area contributed by atoms with Crippen molar-refractivity contribution >= 4 is 12.1 Å². The summed E-state index contributed by atoms with van der Waals surface area (Å²) in [6.45, 7) is 0. The molecule has 0 spiro atoms. The lowest BCUT2D eigenvalue weighted by Gasteiger charge is -2.12. The van der Waals surface area contributed by atoms with Crippen LogP contribution in [0.15, 0.2) is 35.4 Å². The molecule has 1 amide bonds. The second-order valence-corrected chi connectivity index (χ2v) is 6.56. The molecule has 0 aliphatic heterocycles. The molecule has 1 aromatic heterocycles. The van der Waals surface area contributed by atoms with Crippen molar-refractivity contribution in [1.82, 2.24) is 15.6 Å². The third-order valence-corrected chi connectivity index (χ3v) is 4.85. The molecule has 2 N–H and O–H groups in total. The van der Waals surface area contributed by atoms with Crippen LogP contribution in [-0.4, -0.2) is 43.6 Å². The molecule has 0 unspecified atom stereocenters. The number of fused-ring (bicyclic) bond motifs is 3. The first-order chi connectivity index (χ1) is 14.5. The summed E-state index contributed by atoms with van der Waals surface area (Å²) in [6, 6.07) is 7.92. The Balaban J connectivity index is 1.52. The number of aromatic nitrogens is 2. The number of methoxy groups -OCH3 is 3. The van der Waals surface area contributed by atoms with Crippen molar-refractivity contribution in [1.29, 1.82) is 0 Å². The Hall–Kier alpha value is -3.88. The number of hydrazone groups is 1. The van der Waals surface area contributed by atoms with Crippen LogP contribution < -0.4 is 19.6 Å². The van der Waals surface area contributed by atoms with E-state index in [-0.39, 0.29) is 5.82 Å². The van der Waals surface area contributed by atoms with Crippen LogP contribution in [0.2, 0.25) is 0 Å². The standard InChI is InChI=1S/C21H19FN4O4/c1-28-16-6-11(7-17(29-2)20(16)30-3)10-23-26-21(27)19-15-9-12-8-13(22)4-5-14(12)18(15)24-25-19/h4-8,10H,9H2,1-3H3,(H,24,25)(H,26,27)/b23-10+. The summed E-state index contributed by atoms with van der Waals surface area (Å²) in [6.07, 6.45) is 1.89. The smallest absolute Gasteiger partial charge is 0.289 e. The van der Waals surface area contributed by atoms with Gasteiger partial charge in [-0.05, 0) is 35.9 Å². The molecular weight excluding hydrogens is 391 g/mol. The Bertz CT molecular complexity index is 1130. The molecule has 0 bridgehead atoms. The van der Waals surface area contributed by atoms with Gasteiger partial charge in [0.15, 0.2) is 11.5 Å². The number of benzene rings is 2. The van der Waals surface area contributed by atoms with Gasteiger partial charge in [-0.2, -0.15) is 10.2 Å². The maximum absolute atomic E-state index is 13.5. The summed E-state index contributed by atoms with van der Waals surface area (Å²) < 4.78 is 29.4. The molecule has 0 fully saturated rings. The average Bonchev–Trinajstić information content (AvgIpc) is 3.31. The van der Waals surface area contributed by atoms with Crippen molar-refractivity contribution in [3.05, 3.63) is 58.5 Å². The van der Waals surface area contributed by atoms with Gasteiger partial charge in [0, 0.05) is 23.1 Å². The zero-order chi connectivity index (χ0) is 21.3. The minimum absolute atomic E-state index is 0.295. The zero-order valence-corrected chi connectivity index (χ0v) is 16.6. The van der Waals surface area contributed by atoms with Crippen molar-refractivity contribution in [3.63, 3.8) is 0 Å². The van der Waals surface area contributed by atoms with Gasteiger partial charge in [-0.1, -0.05) is 0 Å². The lowest BCUT2D eigenvalue weighted by Crippen LogP contribution is -2.19. The van der Waals surface area contributed by atoms with Gasteiger partial charge in [-0.25, -0.2) is 9.82 Å². The molecule has 2 aromatic carbocycles. The van der Waals surface area contributed by atoms with Crippen molar-refractivity contribution < 1.29 is 23.4 Å². The maximum Gasteiger partial charge on any atom is 0.289 e. The molecular formula is C21H19FN4O4. The summed E-state index contributed by atoms with van der Waals surface area (Å²) in [5.41, 5.74) is 6.41. The largest absolute Gasteiger partial charge is 0.493 e. The van der Waals surface area contributed by atoms with E-state index in [2.05, 4.69) is 20.7 Å². The van der Waals surface area contributed by atoms with Crippen LogP contribution >= 0.6 is 0 Å². The summed E-state index contributed by atoms with van der Waals surface area (Å²) >= 11 is 0. The lowest BCUT2D eigenvalue weighted by atomic mass is 10.1. The molecule has 9 heteroatoms. The number of H-pyrrole nitrogens is 1. The number of nitrogens with one attached hydrogen (secondary N) is 2. The van der Waals surface area contributed by atoms with Crippen LogP contribution in [0.3, 0.4) is 0 Å². The van der Waals surface area contributed by atoms with E-state index in [1.54, 1.807) is 18.2 Å². The number of nitrogens with zero attached hydrogens (tertiary/aromatic N) is 2. The molecule has 0 radical (unpaired) electrons. The Kier molecular flexibility index (Phi) is 5.09. The van der Waals surface area contributed by atoms with Crippen LogP contribution in [-0.2, 0) is 6.42 Å². The first-order valence-corrected chi connectivity index (χ1v) is 9.05. The molecule has 30 heavy (non-hydrogen) atoms. The SMILES string of the molecule is COc1cc(/C=N/NC(=O)c2[nH]nc3c2Cc2cc(F)ccc2-3)cc(OC)c1OC. The van der Waals surface area contributed by atoms with Crippen LogP contribution in [0.4, 0.5) is 4.39 Å². The number of carbonyl (C=O) groups excluding carboxylic acids is 1. The number of aromatic amines is 1. The van der Waals surface area contributed by atoms with Crippen LogP contribution in [0.1, 0.15) is 27.2 Å². The van der Waals surface area contributed by atoms with Gasteiger partial charge >= 0.3 is 0 Å². The van der Waals surface area contributed by atoms with E-state index in [4.69, 9.17) is 14.2 Å². The molecule has 4 rings (SSSR count). The fourth-order valence-corrected chi connectivity index (χ4v) is 3.48. The number of rotatable bonds is 6. The molecule has 1 aliphatic carbocycles. The molecule has 1 aliphatic rings. The van der Waals surface area contributed by atoms with Crippen LogP contribution in [0, 0.1) is 5.82 Å². The number of hydrogen-bond acceptors (Lipinski definition) is 6. The van der Waals surface area contributed by atoms with Crippen LogP contribution in [0.5, 0.6) is 17.2 Å². The highest BCUT2D eigenvalue weighted by atomic mass is 19.1. The fraction of sp³-hybridized carbons (Fsp3) is 0.190. The Morgan fingerprint density at radius 3 is 2.57 bits per heavy atom. The van der Waals surface area contributed by atoms with E-state index >= 15 is 0 Å². The Labute approximate surface area is 171 Å². The minimum Gasteiger partial charge on any atom is -0.493 e. The molecule has 8 nitrogen and oxygen atoms in total.